The summed E-state index contributed by atoms with van der Waals surface area (Å²) in [6.07, 6.45) is 2.91. The molecule has 15 heavy (non-hydrogen) atoms. The van der Waals surface area contributed by atoms with E-state index in [0.29, 0.717) is 6.04 Å². The molecule has 0 bridgehead atoms. The summed E-state index contributed by atoms with van der Waals surface area (Å²) in [6.45, 7) is 2.08. The van der Waals surface area contributed by atoms with Crippen molar-refractivity contribution in [2.24, 2.45) is 0 Å². The predicted molar refractivity (Wildman–Crippen MR) is 58.8 cm³/mol. The van der Waals surface area contributed by atoms with E-state index in [1.54, 1.807) is 6.20 Å². The Hall–Kier alpha value is -1.62. The number of H-pyrrole nitrogens is 1. The number of nitrogens with zero attached hydrogens (tertiary/aromatic N) is 2. The maximum Gasteiger partial charge on any atom is 0.202 e. The lowest BCUT2D eigenvalue weighted by Crippen LogP contribution is -2.22. The molecule has 1 atom stereocenters. The van der Waals surface area contributed by atoms with E-state index in [1.807, 2.05) is 12.1 Å². The van der Waals surface area contributed by atoms with Crippen LogP contribution in [0.1, 0.15) is 6.42 Å². The fraction of sp³-hybridized carbons (Fsp3) is 0.400. The van der Waals surface area contributed by atoms with Crippen molar-refractivity contribution in [1.29, 1.82) is 0 Å². The number of rotatable bonds is 2. The molecule has 0 saturated carbocycles. The number of aromatic nitrogens is 3. The molecule has 78 valence electrons. The van der Waals surface area contributed by atoms with Gasteiger partial charge in [-0.1, -0.05) is 0 Å². The zero-order valence-electron chi connectivity index (χ0n) is 8.33. The van der Waals surface area contributed by atoms with E-state index in [1.165, 1.54) is 0 Å². The van der Waals surface area contributed by atoms with Gasteiger partial charge in [-0.05, 0) is 25.1 Å². The third-order valence-electron chi connectivity index (χ3n) is 2.66. The van der Waals surface area contributed by atoms with Crippen molar-refractivity contribution >= 4 is 17.1 Å². The summed E-state index contributed by atoms with van der Waals surface area (Å²) in [7, 11) is 0. The Morgan fingerprint density at radius 2 is 2.47 bits per heavy atom. The number of anilines is 1. The zero-order valence-corrected chi connectivity index (χ0v) is 8.33. The van der Waals surface area contributed by atoms with Crippen LogP contribution in [0.25, 0.3) is 11.2 Å². The highest BCUT2D eigenvalue weighted by Crippen LogP contribution is 2.13. The minimum absolute atomic E-state index is 0.477. The largest absolute Gasteiger partial charge is 0.352 e. The Bertz CT molecular complexity index is 425. The maximum atomic E-state index is 4.42. The van der Waals surface area contributed by atoms with Crippen molar-refractivity contribution in [3.8, 4) is 0 Å². The zero-order chi connectivity index (χ0) is 10.1. The van der Waals surface area contributed by atoms with Gasteiger partial charge in [-0.2, -0.15) is 0 Å². The lowest BCUT2D eigenvalue weighted by atomic mass is 10.3. The minimum atomic E-state index is 0.477. The van der Waals surface area contributed by atoms with Gasteiger partial charge in [0.2, 0.25) is 5.95 Å². The lowest BCUT2D eigenvalue weighted by molar-refractivity contribution is 0.784. The molecule has 1 fully saturated rings. The molecule has 0 spiro atoms. The van der Waals surface area contributed by atoms with Crippen LogP contribution in [0.2, 0.25) is 0 Å². The van der Waals surface area contributed by atoms with Gasteiger partial charge < -0.3 is 15.6 Å². The van der Waals surface area contributed by atoms with E-state index in [9.17, 15) is 0 Å². The summed E-state index contributed by atoms with van der Waals surface area (Å²) in [5, 5.41) is 6.67. The molecule has 2 aromatic rings. The summed E-state index contributed by atoms with van der Waals surface area (Å²) in [4.78, 5) is 11.8. The Morgan fingerprint density at radius 3 is 3.27 bits per heavy atom. The van der Waals surface area contributed by atoms with Gasteiger partial charge in [0.25, 0.3) is 0 Å². The number of fused-ring (bicyclic) bond motifs is 1. The second kappa shape index (κ2) is 3.51. The molecule has 1 saturated heterocycles. The quantitative estimate of drug-likeness (QED) is 0.673. The Morgan fingerprint density at radius 1 is 1.47 bits per heavy atom. The van der Waals surface area contributed by atoms with E-state index in [-0.39, 0.29) is 0 Å². The fourth-order valence-electron chi connectivity index (χ4n) is 1.88. The van der Waals surface area contributed by atoms with Gasteiger partial charge in [0, 0.05) is 18.8 Å². The van der Waals surface area contributed by atoms with Gasteiger partial charge in [-0.25, -0.2) is 9.97 Å². The topological polar surface area (TPSA) is 65.6 Å². The van der Waals surface area contributed by atoms with Gasteiger partial charge >= 0.3 is 0 Å². The van der Waals surface area contributed by atoms with E-state index in [4.69, 9.17) is 0 Å². The van der Waals surface area contributed by atoms with Gasteiger partial charge in [0.15, 0.2) is 5.65 Å². The average molecular weight is 203 g/mol. The average Bonchev–Trinajstić information content (AvgIpc) is 2.86. The van der Waals surface area contributed by atoms with Crippen molar-refractivity contribution in [3.63, 3.8) is 0 Å². The summed E-state index contributed by atoms with van der Waals surface area (Å²) in [6, 6.07) is 4.33. The first-order chi connectivity index (χ1) is 7.42. The number of hydrogen-bond acceptors (Lipinski definition) is 4. The number of aromatic amines is 1. The van der Waals surface area contributed by atoms with Gasteiger partial charge in [0.05, 0.1) is 0 Å². The molecule has 0 amide bonds. The maximum absolute atomic E-state index is 4.42. The van der Waals surface area contributed by atoms with Gasteiger partial charge in [0.1, 0.15) is 5.52 Å². The van der Waals surface area contributed by atoms with Crippen molar-refractivity contribution in [1.82, 2.24) is 20.3 Å². The second-order valence-electron chi connectivity index (χ2n) is 3.79. The highest BCUT2D eigenvalue weighted by atomic mass is 15.2. The van der Waals surface area contributed by atoms with Crippen molar-refractivity contribution in [2.45, 2.75) is 12.5 Å². The molecule has 3 rings (SSSR count). The van der Waals surface area contributed by atoms with Crippen molar-refractivity contribution in [3.05, 3.63) is 18.3 Å². The van der Waals surface area contributed by atoms with Crippen LogP contribution in [-0.2, 0) is 0 Å². The number of pyridine rings is 1. The number of nitrogens with one attached hydrogen (secondary N) is 3. The van der Waals surface area contributed by atoms with Crippen molar-refractivity contribution in [2.75, 3.05) is 18.4 Å². The van der Waals surface area contributed by atoms with E-state index >= 15 is 0 Å². The van der Waals surface area contributed by atoms with Crippen LogP contribution in [0, 0.1) is 0 Å². The fourth-order valence-corrected chi connectivity index (χ4v) is 1.88. The third-order valence-corrected chi connectivity index (χ3v) is 2.66. The first kappa shape index (κ1) is 8.67. The summed E-state index contributed by atoms with van der Waals surface area (Å²) in [5.74, 6) is 0.817. The minimum Gasteiger partial charge on any atom is -0.352 e. The summed E-state index contributed by atoms with van der Waals surface area (Å²) < 4.78 is 0. The molecular weight excluding hydrogens is 190 g/mol. The molecule has 3 heterocycles. The monoisotopic (exact) mass is 203 g/mol. The highest BCUT2D eigenvalue weighted by Gasteiger charge is 2.15. The normalized spacial score (nSPS) is 20.9. The molecule has 0 aliphatic carbocycles. The first-order valence-corrected chi connectivity index (χ1v) is 5.20. The highest BCUT2D eigenvalue weighted by molar-refractivity contribution is 5.72. The second-order valence-corrected chi connectivity index (χ2v) is 3.79. The molecule has 0 aromatic carbocycles. The standard InChI is InChI=1S/C10H13N5/c1-2-8-9(12-4-1)15-10(14-8)13-7-3-5-11-6-7/h1-2,4,7,11H,3,5-6H2,(H2,12,13,14,15). The molecule has 3 N–H and O–H groups in total. The Labute approximate surface area is 87.3 Å². The molecule has 0 radical (unpaired) electrons. The van der Waals surface area contributed by atoms with Gasteiger partial charge in [-0.15, -0.1) is 0 Å². The first-order valence-electron chi connectivity index (χ1n) is 5.20. The van der Waals surface area contributed by atoms with Crippen LogP contribution in [0.4, 0.5) is 5.95 Å². The molecule has 1 unspecified atom stereocenters. The van der Waals surface area contributed by atoms with Crippen LogP contribution < -0.4 is 10.6 Å². The molecule has 1 aliphatic heterocycles. The molecular formula is C10H13N5. The summed E-state index contributed by atoms with van der Waals surface area (Å²) in [5.41, 5.74) is 1.75. The smallest absolute Gasteiger partial charge is 0.202 e. The van der Waals surface area contributed by atoms with E-state index < -0.39 is 0 Å². The number of imidazole rings is 1. The SMILES string of the molecule is c1cnc2[nH]c(NC3CCNC3)nc2c1. The molecule has 2 aromatic heterocycles. The van der Waals surface area contributed by atoms with E-state index in [0.717, 1.165) is 36.6 Å². The molecule has 5 nitrogen and oxygen atoms in total. The number of hydrogen-bond donors (Lipinski definition) is 3. The lowest BCUT2D eigenvalue weighted by Gasteiger charge is -2.08. The molecule has 5 heteroatoms. The van der Waals surface area contributed by atoms with Crippen LogP contribution in [-0.4, -0.2) is 34.1 Å². The summed E-state index contributed by atoms with van der Waals surface area (Å²) >= 11 is 0. The van der Waals surface area contributed by atoms with E-state index in [2.05, 4.69) is 25.6 Å². The van der Waals surface area contributed by atoms with Crippen LogP contribution in [0.15, 0.2) is 18.3 Å². The third kappa shape index (κ3) is 1.66. The molecule has 1 aliphatic rings. The van der Waals surface area contributed by atoms with Crippen molar-refractivity contribution < 1.29 is 0 Å². The Balaban J connectivity index is 1.84. The van der Waals surface area contributed by atoms with Crippen LogP contribution in [0.5, 0.6) is 0 Å². The predicted octanol–water partition coefficient (Wildman–Crippen LogP) is 0.732. The Kier molecular flexibility index (Phi) is 2.03. The van der Waals surface area contributed by atoms with Crippen LogP contribution >= 0.6 is 0 Å². The van der Waals surface area contributed by atoms with Crippen LogP contribution in [0.3, 0.4) is 0 Å². The van der Waals surface area contributed by atoms with Gasteiger partial charge in [-0.3, -0.25) is 0 Å².